The number of H-pyrrole nitrogens is 2. The van der Waals surface area contributed by atoms with Crippen LogP contribution in [0.3, 0.4) is 0 Å². The summed E-state index contributed by atoms with van der Waals surface area (Å²) >= 11 is 0. The van der Waals surface area contributed by atoms with Crippen LogP contribution in [0.15, 0.2) is 46.1 Å². The Labute approximate surface area is 127 Å². The minimum absolute atomic E-state index is 0.145. The van der Waals surface area contributed by atoms with Gasteiger partial charge in [0.25, 0.3) is 11.1 Å². The van der Waals surface area contributed by atoms with Crippen LogP contribution >= 0.6 is 0 Å². The lowest BCUT2D eigenvalue weighted by molar-refractivity contribution is 1.07. The molecule has 0 aliphatic heterocycles. The largest absolute Gasteiger partial charge is 0.376 e. The normalized spacial score (nSPS) is 10.8. The molecular formula is C17H17N3O2. The summed E-state index contributed by atoms with van der Waals surface area (Å²) in [7, 11) is 0. The minimum atomic E-state index is -0.187. The van der Waals surface area contributed by atoms with E-state index in [0.717, 1.165) is 22.0 Å². The van der Waals surface area contributed by atoms with Gasteiger partial charge in [0.05, 0.1) is 0 Å². The van der Waals surface area contributed by atoms with Crippen molar-refractivity contribution in [1.29, 1.82) is 0 Å². The molecule has 0 radical (unpaired) electrons. The zero-order valence-corrected chi connectivity index (χ0v) is 12.5. The van der Waals surface area contributed by atoms with E-state index >= 15 is 0 Å². The van der Waals surface area contributed by atoms with Crippen LogP contribution in [0.5, 0.6) is 0 Å². The maximum atomic E-state index is 12.1. The molecule has 3 rings (SSSR count). The first-order valence-corrected chi connectivity index (χ1v) is 7.09. The summed E-state index contributed by atoms with van der Waals surface area (Å²) in [6.07, 6.45) is 1.61. The smallest absolute Gasteiger partial charge is 0.271 e. The molecule has 0 bridgehead atoms. The second kappa shape index (κ2) is 5.52. The highest BCUT2D eigenvalue weighted by molar-refractivity contribution is 5.79. The number of aromatic nitrogens is 2. The van der Waals surface area contributed by atoms with Gasteiger partial charge in [0.1, 0.15) is 5.69 Å². The molecule has 0 saturated carbocycles. The Hall–Kier alpha value is -2.82. The number of aryl methyl sites for hydroxylation is 2. The Bertz CT molecular complexity index is 954. The summed E-state index contributed by atoms with van der Waals surface area (Å²) in [5, 5.41) is 4.04. The number of nitrogens with one attached hydrogen (secondary N) is 3. The molecule has 0 spiro atoms. The van der Waals surface area contributed by atoms with E-state index in [-0.39, 0.29) is 11.1 Å². The van der Waals surface area contributed by atoms with Gasteiger partial charge in [-0.15, -0.1) is 0 Å². The van der Waals surface area contributed by atoms with Crippen molar-refractivity contribution in [2.45, 2.75) is 20.4 Å². The number of anilines is 1. The second-order valence-electron chi connectivity index (χ2n) is 5.43. The van der Waals surface area contributed by atoms with Crippen molar-refractivity contribution >= 4 is 16.6 Å². The Morgan fingerprint density at radius 3 is 2.64 bits per heavy atom. The summed E-state index contributed by atoms with van der Waals surface area (Å²) in [6, 6.07) is 9.56. The van der Waals surface area contributed by atoms with E-state index in [1.807, 2.05) is 44.2 Å². The summed E-state index contributed by atoms with van der Waals surface area (Å²) in [5.74, 6) is 0. The first kappa shape index (κ1) is 14.1. The fourth-order valence-electron chi connectivity index (χ4n) is 2.48. The van der Waals surface area contributed by atoms with Gasteiger partial charge in [-0.25, -0.2) is 0 Å². The summed E-state index contributed by atoms with van der Waals surface area (Å²) in [5.41, 5.74) is 3.55. The van der Waals surface area contributed by atoms with Crippen LogP contribution in [0.25, 0.3) is 10.9 Å². The molecular weight excluding hydrogens is 278 g/mol. The fourth-order valence-corrected chi connectivity index (χ4v) is 2.48. The third-order valence-electron chi connectivity index (χ3n) is 3.70. The number of hydrogen-bond acceptors (Lipinski definition) is 3. The van der Waals surface area contributed by atoms with E-state index in [2.05, 4.69) is 15.3 Å². The van der Waals surface area contributed by atoms with Gasteiger partial charge in [0.15, 0.2) is 0 Å². The van der Waals surface area contributed by atoms with Crippen molar-refractivity contribution in [1.82, 2.24) is 9.97 Å². The standard InChI is InChI=1S/C17H17N3O2/c1-10-3-4-14-12(7-10)8-13(16(21)20-14)9-19-15-11(2)5-6-18-17(15)22/h3-8,19H,9H2,1-2H3,(H,18,22)(H,20,21). The van der Waals surface area contributed by atoms with Gasteiger partial charge in [-0.2, -0.15) is 0 Å². The number of aromatic amines is 2. The number of rotatable bonds is 3. The van der Waals surface area contributed by atoms with Gasteiger partial charge in [-0.3, -0.25) is 9.59 Å². The third kappa shape index (κ3) is 2.65. The molecule has 5 heteroatoms. The summed E-state index contributed by atoms with van der Waals surface area (Å²) < 4.78 is 0. The van der Waals surface area contributed by atoms with E-state index in [4.69, 9.17) is 0 Å². The number of fused-ring (bicyclic) bond motifs is 1. The number of hydrogen-bond donors (Lipinski definition) is 3. The first-order chi connectivity index (χ1) is 10.5. The fraction of sp³-hybridized carbons (Fsp3) is 0.176. The SMILES string of the molecule is Cc1ccc2[nH]c(=O)c(CNc3c(C)cc[nH]c3=O)cc2c1. The van der Waals surface area contributed by atoms with Crippen LogP contribution in [0.1, 0.15) is 16.7 Å². The Morgan fingerprint density at radius 1 is 1.05 bits per heavy atom. The average Bonchev–Trinajstić information content (AvgIpc) is 2.47. The van der Waals surface area contributed by atoms with Crippen molar-refractivity contribution in [3.8, 4) is 0 Å². The zero-order valence-electron chi connectivity index (χ0n) is 12.5. The number of benzene rings is 1. The van der Waals surface area contributed by atoms with Crippen LogP contribution in [0.2, 0.25) is 0 Å². The van der Waals surface area contributed by atoms with Crippen LogP contribution in [0.4, 0.5) is 5.69 Å². The van der Waals surface area contributed by atoms with Crippen molar-refractivity contribution in [3.63, 3.8) is 0 Å². The number of pyridine rings is 2. The monoisotopic (exact) mass is 295 g/mol. The van der Waals surface area contributed by atoms with Gasteiger partial charge in [-0.05, 0) is 49.1 Å². The highest BCUT2D eigenvalue weighted by atomic mass is 16.1. The van der Waals surface area contributed by atoms with Gasteiger partial charge >= 0.3 is 0 Å². The topological polar surface area (TPSA) is 77.8 Å². The van der Waals surface area contributed by atoms with Gasteiger partial charge in [-0.1, -0.05) is 11.6 Å². The summed E-state index contributed by atoms with van der Waals surface area (Å²) in [4.78, 5) is 29.4. The molecule has 2 heterocycles. The Balaban J connectivity index is 1.95. The quantitative estimate of drug-likeness (QED) is 0.694. The molecule has 1 aromatic carbocycles. The van der Waals surface area contributed by atoms with Gasteiger partial charge in [0.2, 0.25) is 0 Å². The molecule has 112 valence electrons. The lowest BCUT2D eigenvalue weighted by Crippen LogP contribution is -2.19. The molecule has 3 N–H and O–H groups in total. The zero-order chi connectivity index (χ0) is 15.7. The molecule has 2 aromatic heterocycles. The van der Waals surface area contributed by atoms with E-state index < -0.39 is 0 Å². The molecule has 0 aliphatic carbocycles. The van der Waals surface area contributed by atoms with Crippen LogP contribution < -0.4 is 16.4 Å². The first-order valence-electron chi connectivity index (χ1n) is 7.09. The Kier molecular flexibility index (Phi) is 3.55. The molecule has 0 amide bonds. The molecule has 0 saturated heterocycles. The lowest BCUT2D eigenvalue weighted by atomic mass is 10.1. The lowest BCUT2D eigenvalue weighted by Gasteiger charge is -2.09. The highest BCUT2D eigenvalue weighted by Crippen LogP contribution is 2.14. The van der Waals surface area contributed by atoms with Crippen LogP contribution in [0, 0.1) is 13.8 Å². The van der Waals surface area contributed by atoms with E-state index in [0.29, 0.717) is 17.8 Å². The summed E-state index contributed by atoms with van der Waals surface area (Å²) in [6.45, 7) is 4.16. The van der Waals surface area contributed by atoms with Crippen molar-refractivity contribution in [2.75, 3.05) is 5.32 Å². The maximum Gasteiger partial charge on any atom is 0.271 e. The molecule has 3 aromatic rings. The maximum absolute atomic E-state index is 12.1. The minimum Gasteiger partial charge on any atom is -0.376 e. The van der Waals surface area contributed by atoms with E-state index in [9.17, 15) is 9.59 Å². The third-order valence-corrected chi connectivity index (χ3v) is 3.70. The molecule has 0 atom stereocenters. The average molecular weight is 295 g/mol. The highest BCUT2D eigenvalue weighted by Gasteiger charge is 2.06. The van der Waals surface area contributed by atoms with Crippen molar-refractivity contribution in [3.05, 3.63) is 73.9 Å². The van der Waals surface area contributed by atoms with Crippen LogP contribution in [-0.2, 0) is 6.54 Å². The van der Waals surface area contributed by atoms with Crippen molar-refractivity contribution < 1.29 is 0 Å². The van der Waals surface area contributed by atoms with E-state index in [1.54, 1.807) is 6.20 Å². The van der Waals surface area contributed by atoms with Crippen molar-refractivity contribution in [2.24, 2.45) is 0 Å². The molecule has 0 unspecified atom stereocenters. The van der Waals surface area contributed by atoms with E-state index in [1.165, 1.54) is 0 Å². The molecule has 0 aliphatic rings. The molecule has 5 nitrogen and oxygen atoms in total. The van der Waals surface area contributed by atoms with Gasteiger partial charge < -0.3 is 15.3 Å². The molecule has 0 fully saturated rings. The Morgan fingerprint density at radius 2 is 1.86 bits per heavy atom. The second-order valence-corrected chi connectivity index (χ2v) is 5.43. The van der Waals surface area contributed by atoms with Gasteiger partial charge in [0, 0.05) is 23.8 Å². The predicted molar refractivity (Wildman–Crippen MR) is 88.4 cm³/mol. The van der Waals surface area contributed by atoms with Crippen LogP contribution in [-0.4, -0.2) is 9.97 Å². The predicted octanol–water partition coefficient (Wildman–Crippen LogP) is 2.45. The molecule has 22 heavy (non-hydrogen) atoms.